The molecule has 72 heavy (non-hydrogen) atoms. The Balaban J connectivity index is 0.000000195. The number of benzene rings is 6. The number of fused-ring (bicyclic) bond motifs is 7. The molecule has 2 N–H and O–H groups in total. The zero-order valence-corrected chi connectivity index (χ0v) is 39.7. The average Bonchev–Trinajstić information content (AvgIpc) is 4.00. The SMILES string of the molecule is COC(=O)[C@H](CCC(=O)ON1C(=O)c2ccccc2C1=O)NC(=O)OCC1c2ccccc2-c2ccccc21.COC(=O)[C@H](CCc1ccc(OC)cc1)NC(=O)OCC1c2ccccc2-c2ccccc21. The van der Waals surface area contributed by atoms with Gasteiger partial charge in [-0.1, -0.05) is 126 Å². The Bertz CT molecular complexity index is 2880. The first-order valence-electron chi connectivity index (χ1n) is 23.2. The van der Waals surface area contributed by atoms with Crippen LogP contribution >= 0.6 is 0 Å². The van der Waals surface area contributed by atoms with Crippen molar-refractivity contribution in [2.24, 2.45) is 0 Å². The summed E-state index contributed by atoms with van der Waals surface area (Å²) in [5.41, 5.74) is 10.1. The maximum absolute atomic E-state index is 12.6. The number of carbonyl (C=O) groups excluding carboxylic acids is 7. The molecular weight excluding hydrogens is 923 g/mol. The number of hydrogen-bond donors (Lipinski definition) is 2. The van der Waals surface area contributed by atoms with Crippen molar-refractivity contribution in [3.05, 3.63) is 185 Å². The molecule has 0 fully saturated rings. The minimum Gasteiger partial charge on any atom is -0.497 e. The summed E-state index contributed by atoms with van der Waals surface area (Å²) in [4.78, 5) is 91.9. The number of hydrogen-bond acceptors (Lipinski definition) is 13. The van der Waals surface area contributed by atoms with Gasteiger partial charge in [-0.15, -0.1) is 0 Å². The molecular formula is C56H51N3O13. The summed E-state index contributed by atoms with van der Waals surface area (Å²) in [6.07, 6.45) is -1.12. The lowest BCUT2D eigenvalue weighted by atomic mass is 9.98. The van der Waals surface area contributed by atoms with E-state index in [1.807, 2.05) is 97.1 Å². The molecule has 2 aliphatic carbocycles. The lowest BCUT2D eigenvalue weighted by molar-refractivity contribution is -0.168. The lowest BCUT2D eigenvalue weighted by Gasteiger charge is -2.19. The number of nitrogens with one attached hydrogen (secondary N) is 2. The van der Waals surface area contributed by atoms with Gasteiger partial charge in [0.1, 0.15) is 31.0 Å². The Morgan fingerprint density at radius 2 is 0.875 bits per heavy atom. The van der Waals surface area contributed by atoms with Crippen LogP contribution < -0.4 is 15.4 Å². The van der Waals surface area contributed by atoms with Gasteiger partial charge >= 0.3 is 30.1 Å². The fourth-order valence-corrected chi connectivity index (χ4v) is 9.11. The molecule has 1 aliphatic heterocycles. The van der Waals surface area contributed by atoms with Crippen LogP contribution in [0.3, 0.4) is 0 Å². The number of esters is 2. The second-order valence-electron chi connectivity index (χ2n) is 16.9. The van der Waals surface area contributed by atoms with Gasteiger partial charge in [-0.25, -0.2) is 24.0 Å². The Labute approximate surface area is 415 Å². The molecule has 6 aromatic rings. The quantitative estimate of drug-likeness (QED) is 0.0533. The van der Waals surface area contributed by atoms with E-state index in [-0.39, 0.29) is 42.6 Å². The van der Waals surface area contributed by atoms with Gasteiger partial charge in [0.05, 0.1) is 38.9 Å². The number of imide groups is 1. The topological polar surface area (TPSA) is 202 Å². The van der Waals surface area contributed by atoms with E-state index in [1.165, 1.54) is 19.2 Å². The van der Waals surface area contributed by atoms with Crippen molar-refractivity contribution in [3.63, 3.8) is 0 Å². The molecule has 0 aromatic heterocycles. The van der Waals surface area contributed by atoms with Crippen LogP contribution in [-0.4, -0.2) is 93.6 Å². The minimum atomic E-state index is -1.22. The third-order valence-corrected chi connectivity index (χ3v) is 12.7. The molecule has 0 bridgehead atoms. The van der Waals surface area contributed by atoms with E-state index in [2.05, 4.69) is 34.9 Å². The van der Waals surface area contributed by atoms with Gasteiger partial charge in [-0.05, 0) is 93.6 Å². The molecule has 9 rings (SSSR count). The minimum absolute atomic E-state index is 0.0372. The van der Waals surface area contributed by atoms with Crippen molar-refractivity contribution < 1.29 is 62.1 Å². The molecule has 16 nitrogen and oxygen atoms in total. The zero-order chi connectivity index (χ0) is 50.7. The number of ether oxygens (including phenoxy) is 5. The van der Waals surface area contributed by atoms with Gasteiger partial charge in [-0.2, -0.15) is 0 Å². The van der Waals surface area contributed by atoms with Gasteiger partial charge in [0.2, 0.25) is 0 Å². The number of methoxy groups -OCH3 is 3. The van der Waals surface area contributed by atoms with Crippen LogP contribution in [0.4, 0.5) is 9.59 Å². The molecule has 0 unspecified atom stereocenters. The smallest absolute Gasteiger partial charge is 0.407 e. The summed E-state index contributed by atoms with van der Waals surface area (Å²) in [5, 5.41) is 5.49. The van der Waals surface area contributed by atoms with Gasteiger partial charge in [0.15, 0.2) is 0 Å². The van der Waals surface area contributed by atoms with Crippen molar-refractivity contribution in [2.75, 3.05) is 34.5 Å². The monoisotopic (exact) mass is 973 g/mol. The van der Waals surface area contributed by atoms with E-state index in [9.17, 15) is 33.6 Å². The van der Waals surface area contributed by atoms with Gasteiger partial charge in [-0.3, -0.25) is 9.59 Å². The van der Waals surface area contributed by atoms with E-state index < -0.39 is 60.4 Å². The summed E-state index contributed by atoms with van der Waals surface area (Å²) in [6, 6.07) is 43.7. The summed E-state index contributed by atoms with van der Waals surface area (Å²) in [6.45, 7) is 0.224. The molecule has 0 saturated heterocycles. The van der Waals surface area contributed by atoms with Crippen molar-refractivity contribution in [2.45, 2.75) is 49.6 Å². The Morgan fingerprint density at radius 1 is 0.500 bits per heavy atom. The second kappa shape index (κ2) is 22.8. The highest BCUT2D eigenvalue weighted by atomic mass is 16.7. The number of amides is 4. The van der Waals surface area contributed by atoms with Crippen LogP contribution in [0.1, 0.15) is 79.6 Å². The highest BCUT2D eigenvalue weighted by molar-refractivity contribution is 6.20. The maximum atomic E-state index is 12.6. The fourth-order valence-electron chi connectivity index (χ4n) is 9.11. The van der Waals surface area contributed by atoms with E-state index in [1.54, 1.807) is 19.2 Å². The first-order chi connectivity index (χ1) is 35.0. The van der Waals surface area contributed by atoms with Gasteiger partial charge in [0.25, 0.3) is 11.8 Å². The number of aryl methyl sites for hydroxylation is 1. The Hall–Kier alpha value is -8.79. The van der Waals surface area contributed by atoms with Gasteiger partial charge in [0, 0.05) is 11.8 Å². The molecule has 368 valence electrons. The molecule has 0 saturated carbocycles. The zero-order valence-electron chi connectivity index (χ0n) is 39.7. The fraction of sp³-hybridized carbons (Fsp3) is 0.232. The number of rotatable bonds is 16. The summed E-state index contributed by atoms with van der Waals surface area (Å²) in [5.74, 6) is -3.20. The standard InChI is InChI=1S/C29H24N2O8.C27H27NO5/c1-37-28(35)24(14-15-25(32)39-31-26(33)21-12-6-7-13-22(21)27(31)34)30-29(36)38-16-23-19-10-4-2-8-17(19)18-9-3-5-11-20(18)23;1-31-19-14-11-18(12-15-19)13-16-25(26(29)32-2)28-27(30)33-17-24-22-9-5-3-7-20(22)21-8-4-6-10-23(21)24/h2-13,23-24H,14-16H2,1H3,(H,30,36);3-12,14-15,24-25H,13,16-17H2,1-2H3,(H,28,30)/t24-;25-/m00/s1. The van der Waals surface area contributed by atoms with Gasteiger partial charge < -0.3 is 39.2 Å². The molecule has 0 spiro atoms. The van der Waals surface area contributed by atoms with Crippen LogP contribution in [0.2, 0.25) is 0 Å². The molecule has 1 heterocycles. The second-order valence-corrected chi connectivity index (χ2v) is 16.9. The van der Waals surface area contributed by atoms with Crippen molar-refractivity contribution >= 4 is 41.9 Å². The van der Waals surface area contributed by atoms with Crippen molar-refractivity contribution in [3.8, 4) is 28.0 Å². The first kappa shape index (κ1) is 49.6. The van der Waals surface area contributed by atoms with Crippen LogP contribution in [0.15, 0.2) is 146 Å². The highest BCUT2D eigenvalue weighted by Gasteiger charge is 2.39. The van der Waals surface area contributed by atoms with E-state index in [4.69, 9.17) is 28.5 Å². The predicted molar refractivity (Wildman–Crippen MR) is 262 cm³/mol. The van der Waals surface area contributed by atoms with E-state index >= 15 is 0 Å². The van der Waals surface area contributed by atoms with Crippen LogP contribution in [0.5, 0.6) is 5.75 Å². The molecule has 0 radical (unpaired) electrons. The highest BCUT2D eigenvalue weighted by Crippen LogP contribution is 2.45. The molecule has 4 amide bonds. The average molecular weight is 974 g/mol. The lowest BCUT2D eigenvalue weighted by Crippen LogP contribution is -2.42. The van der Waals surface area contributed by atoms with E-state index in [0.29, 0.717) is 17.9 Å². The number of carbonyl (C=O) groups is 7. The van der Waals surface area contributed by atoms with Crippen molar-refractivity contribution in [1.82, 2.24) is 15.7 Å². The van der Waals surface area contributed by atoms with Crippen molar-refractivity contribution in [1.29, 1.82) is 0 Å². The summed E-state index contributed by atoms with van der Waals surface area (Å²) >= 11 is 0. The largest absolute Gasteiger partial charge is 0.497 e. The normalized spacial score (nSPS) is 13.6. The Morgan fingerprint density at radius 3 is 1.26 bits per heavy atom. The van der Waals surface area contributed by atoms with Crippen LogP contribution in [0.25, 0.3) is 22.3 Å². The number of hydroxylamine groups is 2. The predicted octanol–water partition coefficient (Wildman–Crippen LogP) is 8.31. The van der Waals surface area contributed by atoms with E-state index in [0.717, 1.165) is 62.9 Å². The molecule has 6 aromatic carbocycles. The summed E-state index contributed by atoms with van der Waals surface area (Å²) < 4.78 is 25.8. The number of nitrogens with zero attached hydrogens (tertiary/aromatic N) is 1. The maximum Gasteiger partial charge on any atom is 0.407 e. The third kappa shape index (κ3) is 11.0. The molecule has 16 heteroatoms. The summed E-state index contributed by atoms with van der Waals surface area (Å²) in [7, 11) is 4.06. The number of alkyl carbamates (subject to hydrolysis) is 2. The Kier molecular flexibility index (Phi) is 15.7. The first-order valence-corrected chi connectivity index (χ1v) is 23.2. The third-order valence-electron chi connectivity index (χ3n) is 12.7. The van der Waals surface area contributed by atoms with Crippen LogP contribution in [0, 0.1) is 0 Å². The molecule has 2 atom stereocenters. The molecule has 3 aliphatic rings. The van der Waals surface area contributed by atoms with Crippen LogP contribution in [-0.2, 0) is 44.6 Å².